The zero-order chi connectivity index (χ0) is 15.9. The second-order valence-electron chi connectivity index (χ2n) is 5.02. The van der Waals surface area contributed by atoms with E-state index in [-0.39, 0.29) is 11.9 Å². The fourth-order valence-electron chi connectivity index (χ4n) is 2.24. The van der Waals surface area contributed by atoms with Gasteiger partial charge in [0.2, 0.25) is 0 Å². The highest BCUT2D eigenvalue weighted by atomic mass is 35.5. The van der Waals surface area contributed by atoms with Crippen LogP contribution in [0.3, 0.4) is 0 Å². The fourth-order valence-corrected chi connectivity index (χ4v) is 2.58. The number of amides is 2. The minimum absolute atomic E-state index is 0.0670. The quantitative estimate of drug-likeness (QED) is 0.854. The van der Waals surface area contributed by atoms with E-state index in [4.69, 9.17) is 33.2 Å². The first-order valence-electron chi connectivity index (χ1n) is 7.11. The molecule has 1 aliphatic heterocycles. The number of benzene rings is 1. The van der Waals surface area contributed by atoms with Crippen LogP contribution in [-0.4, -0.2) is 37.2 Å². The summed E-state index contributed by atoms with van der Waals surface area (Å²) in [5.74, 6) is 0.565. The number of urea groups is 1. The molecular weight excluding hydrogens is 325 g/mol. The van der Waals surface area contributed by atoms with E-state index in [1.807, 2.05) is 0 Å². The lowest BCUT2D eigenvalue weighted by Gasteiger charge is -2.29. The smallest absolute Gasteiger partial charge is 0.317 e. The van der Waals surface area contributed by atoms with Crippen molar-refractivity contribution in [2.45, 2.75) is 12.8 Å². The maximum Gasteiger partial charge on any atom is 0.317 e. The summed E-state index contributed by atoms with van der Waals surface area (Å²) < 4.78 is 5.50. The van der Waals surface area contributed by atoms with Gasteiger partial charge in [0.1, 0.15) is 17.4 Å². The number of carbonyl (C=O) groups is 1. The lowest BCUT2D eigenvalue weighted by molar-refractivity contribution is 0.176. The Morgan fingerprint density at radius 1 is 1.41 bits per heavy atom. The molecule has 1 N–H and O–H groups in total. The third kappa shape index (κ3) is 4.43. The molecule has 1 aliphatic rings. The molecule has 1 fully saturated rings. The number of ether oxygens (including phenoxy) is 1. The first-order chi connectivity index (χ1) is 10.6. The number of nitriles is 1. The highest BCUT2D eigenvalue weighted by Gasteiger charge is 2.22. The zero-order valence-electron chi connectivity index (χ0n) is 12.0. The Bertz CT molecular complexity index is 566. The number of carbonyl (C=O) groups excluding carboxylic acids is 1. The van der Waals surface area contributed by atoms with Crippen molar-refractivity contribution >= 4 is 29.2 Å². The van der Waals surface area contributed by atoms with Crippen LogP contribution in [0.2, 0.25) is 10.0 Å². The van der Waals surface area contributed by atoms with E-state index in [9.17, 15) is 4.79 Å². The Labute approximate surface area is 139 Å². The maximum atomic E-state index is 12.0. The van der Waals surface area contributed by atoms with Crippen LogP contribution in [0, 0.1) is 17.2 Å². The van der Waals surface area contributed by atoms with Crippen LogP contribution in [-0.2, 0) is 0 Å². The number of likely N-dealkylation sites (tertiary alicyclic amines) is 1. The molecule has 0 atom stereocenters. The summed E-state index contributed by atoms with van der Waals surface area (Å²) in [6, 6.07) is 7.27. The van der Waals surface area contributed by atoms with Crippen molar-refractivity contribution in [1.29, 1.82) is 5.26 Å². The van der Waals surface area contributed by atoms with Gasteiger partial charge in [-0.25, -0.2) is 4.79 Å². The summed E-state index contributed by atoms with van der Waals surface area (Å²) >= 11 is 11.9. The molecule has 2 rings (SSSR count). The number of piperidine rings is 1. The monoisotopic (exact) mass is 341 g/mol. The van der Waals surface area contributed by atoms with Crippen LogP contribution in [0.4, 0.5) is 4.79 Å². The van der Waals surface area contributed by atoms with Gasteiger partial charge in [0.25, 0.3) is 0 Å². The molecule has 0 aromatic heterocycles. The number of nitrogens with one attached hydrogen (secondary N) is 1. The summed E-state index contributed by atoms with van der Waals surface area (Å²) in [5.41, 5.74) is 0. The molecule has 5 nitrogen and oxygen atoms in total. The minimum Gasteiger partial charge on any atom is -0.490 e. The third-order valence-electron chi connectivity index (χ3n) is 3.52. The van der Waals surface area contributed by atoms with E-state index in [1.54, 1.807) is 23.1 Å². The minimum atomic E-state index is -0.128. The Balaban J connectivity index is 1.69. The lowest BCUT2D eigenvalue weighted by atomic mass is 9.99. The Morgan fingerprint density at radius 3 is 2.82 bits per heavy atom. The van der Waals surface area contributed by atoms with Crippen LogP contribution < -0.4 is 10.1 Å². The maximum absolute atomic E-state index is 12.0. The Kier molecular flexibility index (Phi) is 6.17. The average Bonchev–Trinajstić information content (AvgIpc) is 2.55. The standard InChI is InChI=1S/C15H17Cl2N3O2/c16-12-2-1-3-13(14(12)17)22-9-6-19-15(21)20-7-4-11(10-18)5-8-20/h1-3,11H,4-9H2,(H,19,21). The van der Waals surface area contributed by atoms with Gasteiger partial charge >= 0.3 is 6.03 Å². The van der Waals surface area contributed by atoms with E-state index >= 15 is 0 Å². The van der Waals surface area contributed by atoms with Crippen molar-refractivity contribution < 1.29 is 9.53 Å². The largest absolute Gasteiger partial charge is 0.490 e. The molecule has 0 unspecified atom stereocenters. The number of rotatable bonds is 4. The molecule has 22 heavy (non-hydrogen) atoms. The van der Waals surface area contributed by atoms with Crippen molar-refractivity contribution in [3.05, 3.63) is 28.2 Å². The fraction of sp³-hybridized carbons (Fsp3) is 0.467. The highest BCUT2D eigenvalue weighted by molar-refractivity contribution is 6.42. The first kappa shape index (κ1) is 16.7. The molecule has 1 saturated heterocycles. The molecule has 0 bridgehead atoms. The van der Waals surface area contributed by atoms with Crippen molar-refractivity contribution in [3.63, 3.8) is 0 Å². The summed E-state index contributed by atoms with van der Waals surface area (Å²) in [6.45, 7) is 1.91. The van der Waals surface area contributed by atoms with Crippen LogP contribution >= 0.6 is 23.2 Å². The molecular formula is C15H17Cl2N3O2. The van der Waals surface area contributed by atoms with Gasteiger partial charge in [-0.3, -0.25) is 0 Å². The van der Waals surface area contributed by atoms with Crippen molar-refractivity contribution in [2.24, 2.45) is 5.92 Å². The molecule has 7 heteroatoms. The van der Waals surface area contributed by atoms with Gasteiger partial charge in [-0.05, 0) is 25.0 Å². The van der Waals surface area contributed by atoms with Gasteiger partial charge in [0.15, 0.2) is 0 Å². The summed E-state index contributed by atoms with van der Waals surface area (Å²) in [5, 5.41) is 12.4. The molecule has 1 aromatic carbocycles. The normalized spacial score (nSPS) is 15.2. The van der Waals surface area contributed by atoms with Crippen molar-refractivity contribution in [1.82, 2.24) is 10.2 Å². The Hall–Kier alpha value is -1.64. The average molecular weight is 342 g/mol. The van der Waals surface area contributed by atoms with Crippen LogP contribution in [0.15, 0.2) is 18.2 Å². The van der Waals surface area contributed by atoms with Gasteiger partial charge in [-0.2, -0.15) is 5.26 Å². The van der Waals surface area contributed by atoms with Crippen LogP contribution in [0.25, 0.3) is 0 Å². The number of hydrogen-bond acceptors (Lipinski definition) is 3. The molecule has 1 aromatic rings. The van der Waals surface area contributed by atoms with E-state index in [1.165, 1.54) is 0 Å². The molecule has 0 aliphatic carbocycles. The van der Waals surface area contributed by atoms with Gasteiger partial charge < -0.3 is 15.0 Å². The van der Waals surface area contributed by atoms with Crippen molar-refractivity contribution in [2.75, 3.05) is 26.2 Å². The number of hydrogen-bond donors (Lipinski definition) is 1. The Morgan fingerprint density at radius 2 is 2.14 bits per heavy atom. The summed E-state index contributed by atoms with van der Waals surface area (Å²) in [4.78, 5) is 13.7. The van der Waals surface area contributed by atoms with Gasteiger partial charge in [0, 0.05) is 19.0 Å². The number of nitrogens with zero attached hydrogens (tertiary/aromatic N) is 2. The van der Waals surface area contributed by atoms with E-state index < -0.39 is 0 Å². The van der Waals surface area contributed by atoms with Crippen molar-refractivity contribution in [3.8, 4) is 11.8 Å². The topological polar surface area (TPSA) is 65.4 Å². The predicted octanol–water partition coefficient (Wildman–Crippen LogP) is 3.32. The van der Waals surface area contributed by atoms with E-state index in [0.717, 1.165) is 12.8 Å². The first-order valence-corrected chi connectivity index (χ1v) is 7.86. The summed E-state index contributed by atoms with van der Waals surface area (Å²) in [7, 11) is 0. The second kappa shape index (κ2) is 8.11. The van der Waals surface area contributed by atoms with Gasteiger partial charge in [0.05, 0.1) is 17.6 Å². The third-order valence-corrected chi connectivity index (χ3v) is 4.32. The second-order valence-corrected chi connectivity index (χ2v) is 5.81. The van der Waals surface area contributed by atoms with E-state index in [0.29, 0.717) is 42.0 Å². The molecule has 118 valence electrons. The molecule has 2 amide bonds. The molecule has 0 spiro atoms. The van der Waals surface area contributed by atoms with Crippen LogP contribution in [0.1, 0.15) is 12.8 Å². The number of halogens is 2. The highest BCUT2D eigenvalue weighted by Crippen LogP contribution is 2.31. The lowest BCUT2D eigenvalue weighted by Crippen LogP contribution is -2.45. The zero-order valence-corrected chi connectivity index (χ0v) is 13.5. The van der Waals surface area contributed by atoms with Gasteiger partial charge in [-0.15, -0.1) is 0 Å². The molecule has 1 heterocycles. The summed E-state index contributed by atoms with van der Waals surface area (Å²) in [6.07, 6.45) is 1.47. The van der Waals surface area contributed by atoms with Crippen LogP contribution in [0.5, 0.6) is 5.75 Å². The SMILES string of the molecule is N#CC1CCN(C(=O)NCCOc2cccc(Cl)c2Cl)CC1. The van der Waals surface area contributed by atoms with Gasteiger partial charge in [-0.1, -0.05) is 29.3 Å². The van der Waals surface area contributed by atoms with E-state index in [2.05, 4.69) is 11.4 Å². The molecule has 0 radical (unpaired) electrons. The molecule has 0 saturated carbocycles. The predicted molar refractivity (Wildman–Crippen MR) is 85.3 cm³/mol.